The highest BCUT2D eigenvalue weighted by Crippen LogP contribution is 2.17. The first-order valence-corrected chi connectivity index (χ1v) is 9.67. The van der Waals surface area contributed by atoms with Gasteiger partial charge in [-0.15, -0.1) is 0 Å². The molecule has 128 valence electrons. The van der Waals surface area contributed by atoms with E-state index in [1.54, 1.807) is 12.1 Å². The average molecular weight is 342 g/mol. The maximum Gasteiger partial charge on any atom is 0.221 e. The lowest BCUT2D eigenvalue weighted by atomic mass is 10.2. The molecular formula is C16H23FN2O3S. The van der Waals surface area contributed by atoms with Crippen molar-refractivity contribution in [1.82, 2.24) is 10.2 Å². The molecule has 1 heterocycles. The first-order chi connectivity index (χ1) is 10.9. The number of carbonyl (C=O) groups excluding carboxylic acids is 1. The van der Waals surface area contributed by atoms with E-state index in [1.807, 2.05) is 6.92 Å². The van der Waals surface area contributed by atoms with Crippen LogP contribution in [0, 0.1) is 5.82 Å². The number of nitrogens with one attached hydrogen (secondary N) is 1. The fraction of sp³-hybridized carbons (Fsp3) is 0.562. The van der Waals surface area contributed by atoms with E-state index in [4.69, 9.17) is 0 Å². The number of nitrogens with zero attached hydrogens (tertiary/aromatic N) is 1. The van der Waals surface area contributed by atoms with Crippen LogP contribution in [-0.4, -0.2) is 49.9 Å². The number of sulfone groups is 1. The molecule has 1 amide bonds. The molecular weight excluding hydrogens is 319 g/mol. The fourth-order valence-corrected chi connectivity index (χ4v) is 4.56. The minimum Gasteiger partial charge on any atom is -0.352 e. The van der Waals surface area contributed by atoms with Crippen LogP contribution in [-0.2, 0) is 21.2 Å². The molecule has 0 aliphatic carbocycles. The van der Waals surface area contributed by atoms with Gasteiger partial charge in [0.05, 0.1) is 11.5 Å². The molecule has 0 aromatic heterocycles. The molecule has 1 aromatic rings. The van der Waals surface area contributed by atoms with Crippen LogP contribution in [0.2, 0.25) is 0 Å². The van der Waals surface area contributed by atoms with Gasteiger partial charge in [-0.05, 0) is 30.7 Å². The Morgan fingerprint density at radius 1 is 1.35 bits per heavy atom. The highest BCUT2D eigenvalue weighted by molar-refractivity contribution is 7.91. The monoisotopic (exact) mass is 342 g/mol. The molecule has 1 aliphatic rings. The molecule has 1 unspecified atom stereocenters. The topological polar surface area (TPSA) is 66.5 Å². The van der Waals surface area contributed by atoms with Gasteiger partial charge in [-0.1, -0.05) is 19.1 Å². The summed E-state index contributed by atoms with van der Waals surface area (Å²) in [6, 6.07) is 6.02. The summed E-state index contributed by atoms with van der Waals surface area (Å²) >= 11 is 0. The summed E-state index contributed by atoms with van der Waals surface area (Å²) in [5, 5.41) is 2.80. The summed E-state index contributed by atoms with van der Waals surface area (Å²) in [6.07, 6.45) is 0.971. The van der Waals surface area contributed by atoms with Crippen LogP contribution in [0.5, 0.6) is 0 Å². The van der Waals surface area contributed by atoms with Crippen molar-refractivity contribution in [2.24, 2.45) is 0 Å². The second-order valence-corrected chi connectivity index (χ2v) is 8.07. The third-order valence-electron chi connectivity index (χ3n) is 4.16. The number of amides is 1. The Bertz CT molecular complexity index is 631. The van der Waals surface area contributed by atoms with Crippen molar-refractivity contribution >= 4 is 15.7 Å². The highest BCUT2D eigenvalue weighted by atomic mass is 32.2. The fourth-order valence-electron chi connectivity index (χ4n) is 2.80. The lowest BCUT2D eigenvalue weighted by Gasteiger charge is -2.26. The zero-order valence-electron chi connectivity index (χ0n) is 13.3. The lowest BCUT2D eigenvalue weighted by Crippen LogP contribution is -2.38. The van der Waals surface area contributed by atoms with Gasteiger partial charge in [-0.2, -0.15) is 0 Å². The second-order valence-electron chi connectivity index (χ2n) is 5.84. The van der Waals surface area contributed by atoms with E-state index in [9.17, 15) is 17.6 Å². The van der Waals surface area contributed by atoms with E-state index in [-0.39, 0.29) is 29.3 Å². The van der Waals surface area contributed by atoms with Crippen LogP contribution < -0.4 is 5.32 Å². The van der Waals surface area contributed by atoms with Crippen molar-refractivity contribution in [3.05, 3.63) is 35.6 Å². The molecule has 1 saturated heterocycles. The van der Waals surface area contributed by atoms with Gasteiger partial charge in [0.25, 0.3) is 0 Å². The van der Waals surface area contributed by atoms with Crippen LogP contribution >= 0.6 is 0 Å². The molecule has 23 heavy (non-hydrogen) atoms. The van der Waals surface area contributed by atoms with Crippen molar-refractivity contribution in [2.75, 3.05) is 24.6 Å². The van der Waals surface area contributed by atoms with E-state index in [0.717, 1.165) is 12.1 Å². The van der Waals surface area contributed by atoms with Crippen molar-refractivity contribution in [1.29, 1.82) is 0 Å². The smallest absolute Gasteiger partial charge is 0.221 e. The molecule has 1 N–H and O–H groups in total. The van der Waals surface area contributed by atoms with Gasteiger partial charge >= 0.3 is 0 Å². The molecule has 1 aliphatic heterocycles. The number of hydrogen-bond acceptors (Lipinski definition) is 4. The molecule has 0 radical (unpaired) electrons. The Kier molecular flexibility index (Phi) is 6.12. The van der Waals surface area contributed by atoms with E-state index < -0.39 is 9.84 Å². The number of rotatable bonds is 7. The van der Waals surface area contributed by atoms with E-state index in [2.05, 4.69) is 10.2 Å². The van der Waals surface area contributed by atoms with E-state index in [0.29, 0.717) is 25.9 Å². The summed E-state index contributed by atoms with van der Waals surface area (Å²) in [4.78, 5) is 14.0. The van der Waals surface area contributed by atoms with Crippen LogP contribution in [0.15, 0.2) is 24.3 Å². The second kappa shape index (κ2) is 7.88. The Balaban J connectivity index is 1.75. The molecule has 0 spiro atoms. The minimum absolute atomic E-state index is 0.0231. The van der Waals surface area contributed by atoms with Crippen LogP contribution in [0.3, 0.4) is 0 Å². The van der Waals surface area contributed by atoms with E-state index >= 15 is 0 Å². The molecule has 5 nitrogen and oxygen atoms in total. The zero-order valence-corrected chi connectivity index (χ0v) is 14.1. The van der Waals surface area contributed by atoms with Gasteiger partial charge in [-0.25, -0.2) is 12.8 Å². The van der Waals surface area contributed by atoms with Crippen LogP contribution in [0.25, 0.3) is 0 Å². The van der Waals surface area contributed by atoms with Crippen molar-refractivity contribution < 1.29 is 17.6 Å². The van der Waals surface area contributed by atoms with Gasteiger partial charge in [0.15, 0.2) is 9.84 Å². The maximum atomic E-state index is 12.8. The third kappa shape index (κ3) is 5.58. The van der Waals surface area contributed by atoms with Gasteiger partial charge in [0.2, 0.25) is 5.91 Å². The van der Waals surface area contributed by atoms with Crippen molar-refractivity contribution in [3.8, 4) is 0 Å². The minimum atomic E-state index is -2.91. The summed E-state index contributed by atoms with van der Waals surface area (Å²) in [5.74, 6) is 0.0435. The largest absolute Gasteiger partial charge is 0.352 e. The number of halogens is 1. The summed E-state index contributed by atoms with van der Waals surface area (Å²) in [5.41, 5.74) is 0.842. The van der Waals surface area contributed by atoms with E-state index in [1.165, 1.54) is 12.1 Å². The average Bonchev–Trinajstić information content (AvgIpc) is 2.87. The summed E-state index contributed by atoms with van der Waals surface area (Å²) < 4.78 is 35.9. The van der Waals surface area contributed by atoms with Crippen molar-refractivity contribution in [2.45, 2.75) is 32.4 Å². The first-order valence-electron chi connectivity index (χ1n) is 7.85. The number of benzene rings is 1. The van der Waals surface area contributed by atoms with Crippen LogP contribution in [0.4, 0.5) is 4.39 Å². The Hall–Kier alpha value is -1.47. The van der Waals surface area contributed by atoms with Gasteiger partial charge in [0.1, 0.15) is 5.82 Å². The molecule has 1 aromatic carbocycles. The Labute approximate surface area is 136 Å². The quantitative estimate of drug-likeness (QED) is 0.812. The molecule has 0 saturated carbocycles. The maximum absolute atomic E-state index is 12.8. The lowest BCUT2D eigenvalue weighted by molar-refractivity contribution is -0.121. The van der Waals surface area contributed by atoms with Gasteiger partial charge < -0.3 is 5.32 Å². The molecule has 7 heteroatoms. The van der Waals surface area contributed by atoms with Crippen molar-refractivity contribution in [3.63, 3.8) is 0 Å². The molecule has 1 fully saturated rings. The zero-order chi connectivity index (χ0) is 16.9. The molecule has 0 bridgehead atoms. The molecule has 1 atom stereocenters. The first kappa shape index (κ1) is 17.9. The Morgan fingerprint density at radius 2 is 2.04 bits per heavy atom. The van der Waals surface area contributed by atoms with Gasteiger partial charge in [0, 0.05) is 25.6 Å². The number of hydrogen-bond donors (Lipinski definition) is 1. The van der Waals surface area contributed by atoms with Crippen LogP contribution in [0.1, 0.15) is 25.3 Å². The summed E-state index contributed by atoms with van der Waals surface area (Å²) in [6.45, 7) is 3.61. The summed E-state index contributed by atoms with van der Waals surface area (Å²) in [7, 11) is -2.91. The Morgan fingerprint density at radius 3 is 2.61 bits per heavy atom. The predicted octanol–water partition coefficient (Wildman–Crippen LogP) is 1.34. The van der Waals surface area contributed by atoms with Gasteiger partial charge in [-0.3, -0.25) is 9.69 Å². The number of carbonyl (C=O) groups is 1. The highest BCUT2D eigenvalue weighted by Gasteiger charge is 2.31. The normalized spacial score (nSPS) is 19.9. The predicted molar refractivity (Wildman–Crippen MR) is 87.2 cm³/mol. The third-order valence-corrected chi connectivity index (χ3v) is 5.91. The molecule has 2 rings (SSSR count). The standard InChI is InChI=1S/C16H23FN2O3S/c1-2-19(15-8-10-23(21,22)12-15)9-7-16(20)18-11-13-3-5-14(17)6-4-13/h3-6,15H,2,7-12H2,1H3,(H,18,20). The SMILES string of the molecule is CCN(CCC(=O)NCc1ccc(F)cc1)C1CCS(=O)(=O)C1.